The average Bonchev–Trinajstić information content (AvgIpc) is 2.47. The highest BCUT2D eigenvalue weighted by molar-refractivity contribution is 5.42. The predicted molar refractivity (Wildman–Crippen MR) is 74.3 cm³/mol. The van der Waals surface area contributed by atoms with E-state index < -0.39 is 17.8 Å². The fourth-order valence-electron chi connectivity index (χ4n) is 1.94. The minimum absolute atomic E-state index is 0.548. The van der Waals surface area contributed by atoms with Crippen LogP contribution < -0.4 is 5.73 Å². The second-order valence-corrected chi connectivity index (χ2v) is 4.41. The van der Waals surface area contributed by atoms with Crippen LogP contribution >= 0.6 is 0 Å². The number of pyridine rings is 1. The molecule has 21 heavy (non-hydrogen) atoms. The molecule has 0 radical (unpaired) electrons. The molecule has 1 aromatic carbocycles. The van der Waals surface area contributed by atoms with Gasteiger partial charge in [0.15, 0.2) is 0 Å². The third-order valence-electron chi connectivity index (χ3n) is 2.99. The lowest BCUT2D eigenvalue weighted by molar-refractivity contribution is -0.137. The minimum atomic E-state index is -4.35. The number of aromatic nitrogens is 1. The molecule has 0 amide bonds. The van der Waals surface area contributed by atoms with Crippen molar-refractivity contribution in [1.82, 2.24) is 4.98 Å². The first-order valence-corrected chi connectivity index (χ1v) is 6.24. The summed E-state index contributed by atoms with van der Waals surface area (Å²) in [5.74, 6) is 5.66. The van der Waals surface area contributed by atoms with Crippen molar-refractivity contribution in [3.05, 3.63) is 65.0 Å². The van der Waals surface area contributed by atoms with Crippen LogP contribution in [-0.4, -0.2) is 4.98 Å². The molecule has 0 aliphatic carbocycles. The first-order valence-electron chi connectivity index (χ1n) is 6.24. The topological polar surface area (TPSA) is 38.9 Å². The van der Waals surface area contributed by atoms with Crippen LogP contribution in [0.4, 0.5) is 13.2 Å². The Bertz CT molecular complexity index is 679. The molecule has 108 valence electrons. The molecule has 0 fully saturated rings. The Morgan fingerprint density at radius 3 is 2.38 bits per heavy atom. The lowest BCUT2D eigenvalue weighted by Crippen LogP contribution is -2.15. The standard InChI is InChI=1S/C16H13F3N2/c1-2-4-12-5-3-10-21-15(12)14(20)11-6-8-13(9-7-11)16(17,18)19/h3,5-10,14H,20H2,1H3/t14-/m0/s1. The van der Waals surface area contributed by atoms with E-state index in [0.717, 1.165) is 12.1 Å². The van der Waals surface area contributed by atoms with Crippen LogP contribution in [-0.2, 0) is 6.18 Å². The zero-order chi connectivity index (χ0) is 15.5. The van der Waals surface area contributed by atoms with E-state index in [1.165, 1.54) is 12.1 Å². The highest BCUT2D eigenvalue weighted by atomic mass is 19.4. The number of rotatable bonds is 2. The van der Waals surface area contributed by atoms with E-state index in [9.17, 15) is 13.2 Å². The summed E-state index contributed by atoms with van der Waals surface area (Å²) < 4.78 is 37.6. The lowest BCUT2D eigenvalue weighted by Gasteiger charge is -2.14. The van der Waals surface area contributed by atoms with Gasteiger partial charge in [-0.25, -0.2) is 0 Å². The molecule has 2 nitrogen and oxygen atoms in total. The summed E-state index contributed by atoms with van der Waals surface area (Å²) in [6, 6.07) is 7.67. The molecular formula is C16H13F3N2. The van der Waals surface area contributed by atoms with Gasteiger partial charge in [0, 0.05) is 11.8 Å². The summed E-state index contributed by atoms with van der Waals surface area (Å²) in [7, 11) is 0. The van der Waals surface area contributed by atoms with Crippen molar-refractivity contribution in [1.29, 1.82) is 0 Å². The van der Waals surface area contributed by atoms with Crippen molar-refractivity contribution in [3.8, 4) is 11.8 Å². The summed E-state index contributed by atoms with van der Waals surface area (Å²) in [5, 5.41) is 0. The molecule has 2 aromatic rings. The number of nitrogens with zero attached hydrogens (tertiary/aromatic N) is 1. The summed E-state index contributed by atoms with van der Waals surface area (Å²) >= 11 is 0. The zero-order valence-corrected chi connectivity index (χ0v) is 11.3. The van der Waals surface area contributed by atoms with Crippen molar-refractivity contribution in [3.63, 3.8) is 0 Å². The molecule has 1 heterocycles. The molecule has 2 rings (SSSR count). The summed E-state index contributed by atoms with van der Waals surface area (Å²) in [5.41, 5.74) is 7.17. The second kappa shape index (κ2) is 5.98. The average molecular weight is 290 g/mol. The van der Waals surface area contributed by atoms with Crippen LogP contribution in [0.3, 0.4) is 0 Å². The Kier molecular flexibility index (Phi) is 4.29. The monoisotopic (exact) mass is 290 g/mol. The van der Waals surface area contributed by atoms with Crippen LogP contribution in [0.5, 0.6) is 0 Å². The molecule has 0 bridgehead atoms. The molecule has 1 aromatic heterocycles. The minimum Gasteiger partial charge on any atom is -0.319 e. The number of benzene rings is 1. The van der Waals surface area contributed by atoms with E-state index in [2.05, 4.69) is 16.8 Å². The first-order chi connectivity index (χ1) is 9.93. The van der Waals surface area contributed by atoms with Crippen LogP contribution in [0.1, 0.15) is 35.3 Å². The number of nitrogens with two attached hydrogens (primary N) is 1. The van der Waals surface area contributed by atoms with E-state index in [4.69, 9.17) is 5.73 Å². The Balaban J connectivity index is 2.36. The lowest BCUT2D eigenvalue weighted by atomic mass is 9.99. The molecule has 0 saturated heterocycles. The van der Waals surface area contributed by atoms with E-state index in [-0.39, 0.29) is 0 Å². The molecule has 0 saturated carbocycles. The molecular weight excluding hydrogens is 277 g/mol. The van der Waals surface area contributed by atoms with Gasteiger partial charge < -0.3 is 5.73 Å². The maximum atomic E-state index is 12.5. The van der Waals surface area contributed by atoms with Gasteiger partial charge in [0.25, 0.3) is 0 Å². The molecule has 0 spiro atoms. The van der Waals surface area contributed by atoms with E-state index in [1.807, 2.05) is 0 Å². The van der Waals surface area contributed by atoms with Gasteiger partial charge in [-0.2, -0.15) is 13.2 Å². The van der Waals surface area contributed by atoms with Crippen LogP contribution in [0.2, 0.25) is 0 Å². The molecule has 2 N–H and O–H groups in total. The quantitative estimate of drug-likeness (QED) is 0.859. The normalized spacial score (nSPS) is 12.4. The van der Waals surface area contributed by atoms with E-state index >= 15 is 0 Å². The maximum absolute atomic E-state index is 12.5. The van der Waals surface area contributed by atoms with Crippen molar-refractivity contribution in [2.24, 2.45) is 5.73 Å². The first kappa shape index (κ1) is 15.1. The van der Waals surface area contributed by atoms with E-state index in [0.29, 0.717) is 16.8 Å². The van der Waals surface area contributed by atoms with Gasteiger partial charge in [0.05, 0.1) is 17.3 Å². The van der Waals surface area contributed by atoms with Crippen LogP contribution in [0.25, 0.3) is 0 Å². The number of hydrogen-bond donors (Lipinski definition) is 1. The third-order valence-corrected chi connectivity index (χ3v) is 2.99. The zero-order valence-electron chi connectivity index (χ0n) is 11.3. The van der Waals surface area contributed by atoms with Gasteiger partial charge in [-0.3, -0.25) is 4.98 Å². The largest absolute Gasteiger partial charge is 0.416 e. The predicted octanol–water partition coefficient (Wildman–Crippen LogP) is 3.52. The smallest absolute Gasteiger partial charge is 0.319 e. The highest BCUT2D eigenvalue weighted by Crippen LogP contribution is 2.30. The van der Waals surface area contributed by atoms with Gasteiger partial charge in [-0.1, -0.05) is 18.1 Å². The fourth-order valence-corrected chi connectivity index (χ4v) is 1.94. The van der Waals surface area contributed by atoms with Crippen molar-refractivity contribution in [2.75, 3.05) is 0 Å². The second-order valence-electron chi connectivity index (χ2n) is 4.41. The molecule has 0 unspecified atom stereocenters. The number of halogens is 3. The van der Waals surface area contributed by atoms with Gasteiger partial charge in [-0.05, 0) is 36.8 Å². The van der Waals surface area contributed by atoms with Gasteiger partial charge in [0.2, 0.25) is 0 Å². The Hall–Kier alpha value is -2.32. The summed E-state index contributed by atoms with van der Waals surface area (Å²) in [4.78, 5) is 4.20. The van der Waals surface area contributed by atoms with Crippen molar-refractivity contribution >= 4 is 0 Å². The highest BCUT2D eigenvalue weighted by Gasteiger charge is 2.30. The summed E-state index contributed by atoms with van der Waals surface area (Å²) in [6.45, 7) is 1.69. The Morgan fingerprint density at radius 2 is 1.81 bits per heavy atom. The van der Waals surface area contributed by atoms with Crippen molar-refractivity contribution < 1.29 is 13.2 Å². The fraction of sp³-hybridized carbons (Fsp3) is 0.188. The number of hydrogen-bond acceptors (Lipinski definition) is 2. The Morgan fingerprint density at radius 1 is 1.14 bits per heavy atom. The molecule has 5 heteroatoms. The SMILES string of the molecule is CC#Cc1cccnc1[C@@H](N)c1ccc(C(F)(F)F)cc1. The van der Waals surface area contributed by atoms with Gasteiger partial charge in [-0.15, -0.1) is 5.92 Å². The maximum Gasteiger partial charge on any atom is 0.416 e. The molecule has 0 aliphatic heterocycles. The van der Waals surface area contributed by atoms with Gasteiger partial charge >= 0.3 is 6.18 Å². The van der Waals surface area contributed by atoms with E-state index in [1.54, 1.807) is 25.3 Å². The van der Waals surface area contributed by atoms with Crippen LogP contribution in [0, 0.1) is 11.8 Å². The number of alkyl halides is 3. The van der Waals surface area contributed by atoms with Gasteiger partial charge in [0.1, 0.15) is 0 Å². The van der Waals surface area contributed by atoms with Crippen LogP contribution in [0.15, 0.2) is 42.6 Å². The van der Waals surface area contributed by atoms with Crippen molar-refractivity contribution in [2.45, 2.75) is 19.1 Å². The third kappa shape index (κ3) is 3.41. The molecule has 1 atom stereocenters. The molecule has 0 aliphatic rings. The Labute approximate surface area is 120 Å². The summed E-state index contributed by atoms with van der Waals surface area (Å²) in [6.07, 6.45) is -2.77.